The second-order valence-electron chi connectivity index (χ2n) is 5.70. The monoisotopic (exact) mass is 347 g/mol. The highest BCUT2D eigenvalue weighted by Crippen LogP contribution is 2.22. The van der Waals surface area contributed by atoms with Crippen LogP contribution in [0.2, 0.25) is 0 Å². The molecule has 2 aromatic rings. The van der Waals surface area contributed by atoms with Gasteiger partial charge in [0, 0.05) is 11.6 Å². The van der Waals surface area contributed by atoms with Crippen LogP contribution in [0.5, 0.6) is 0 Å². The van der Waals surface area contributed by atoms with Gasteiger partial charge in [0.2, 0.25) is 0 Å². The Morgan fingerprint density at radius 1 is 1.08 bits per heavy atom. The normalized spacial score (nSPS) is 14.4. The van der Waals surface area contributed by atoms with Gasteiger partial charge in [0.1, 0.15) is 11.6 Å². The number of halogens is 1. The van der Waals surface area contributed by atoms with Crippen molar-refractivity contribution in [2.24, 2.45) is 0 Å². The van der Waals surface area contributed by atoms with E-state index in [1.165, 1.54) is 25.0 Å². The van der Waals surface area contributed by atoms with E-state index >= 15 is 0 Å². The standard InChI is InChI=1S/C17H18FN3O2S/c18-12-7-5-11(6-8-12)14-9-10-15(23-14)16(22)20-21-17(24)19-13-3-1-2-4-13/h5-10,13H,1-4H2,(H,20,22)(H2,19,21,24). The molecule has 1 saturated carbocycles. The van der Waals surface area contributed by atoms with E-state index in [0.29, 0.717) is 22.5 Å². The molecule has 24 heavy (non-hydrogen) atoms. The lowest BCUT2D eigenvalue weighted by Gasteiger charge is -2.15. The van der Waals surface area contributed by atoms with Crippen molar-refractivity contribution in [3.05, 3.63) is 48.0 Å². The molecule has 1 aliphatic rings. The van der Waals surface area contributed by atoms with E-state index in [-0.39, 0.29) is 11.6 Å². The third-order valence-corrected chi connectivity index (χ3v) is 4.16. The van der Waals surface area contributed by atoms with Gasteiger partial charge in [0.15, 0.2) is 10.9 Å². The molecule has 0 spiro atoms. The van der Waals surface area contributed by atoms with E-state index in [9.17, 15) is 9.18 Å². The minimum Gasteiger partial charge on any atom is -0.451 e. The van der Waals surface area contributed by atoms with Crippen molar-refractivity contribution >= 4 is 23.2 Å². The highest BCUT2D eigenvalue weighted by molar-refractivity contribution is 7.80. The van der Waals surface area contributed by atoms with Crippen LogP contribution in [0.4, 0.5) is 4.39 Å². The van der Waals surface area contributed by atoms with Crippen LogP contribution in [0.3, 0.4) is 0 Å². The van der Waals surface area contributed by atoms with Crippen LogP contribution in [-0.2, 0) is 0 Å². The third kappa shape index (κ3) is 4.11. The van der Waals surface area contributed by atoms with Gasteiger partial charge in [-0.15, -0.1) is 0 Å². The molecule has 5 nitrogen and oxygen atoms in total. The predicted octanol–water partition coefficient (Wildman–Crippen LogP) is 3.14. The summed E-state index contributed by atoms with van der Waals surface area (Å²) in [5.74, 6) is -0.119. The van der Waals surface area contributed by atoms with Gasteiger partial charge >= 0.3 is 5.91 Å². The number of hydrazine groups is 1. The smallest absolute Gasteiger partial charge is 0.305 e. The maximum absolute atomic E-state index is 12.9. The Kier molecular flexibility index (Phi) is 5.10. The van der Waals surface area contributed by atoms with Crippen molar-refractivity contribution in [1.29, 1.82) is 0 Å². The van der Waals surface area contributed by atoms with Crippen LogP contribution in [-0.4, -0.2) is 17.1 Å². The number of thiocarbonyl (C=S) groups is 1. The van der Waals surface area contributed by atoms with E-state index in [2.05, 4.69) is 16.2 Å². The van der Waals surface area contributed by atoms with E-state index < -0.39 is 5.91 Å². The zero-order valence-electron chi connectivity index (χ0n) is 13.0. The van der Waals surface area contributed by atoms with E-state index in [4.69, 9.17) is 16.6 Å². The summed E-state index contributed by atoms with van der Waals surface area (Å²) in [7, 11) is 0. The number of hydrogen-bond acceptors (Lipinski definition) is 3. The number of hydrogen-bond donors (Lipinski definition) is 3. The lowest BCUT2D eigenvalue weighted by Crippen LogP contribution is -2.49. The molecule has 7 heteroatoms. The van der Waals surface area contributed by atoms with Crippen molar-refractivity contribution in [2.75, 3.05) is 0 Å². The molecule has 0 saturated heterocycles. The molecule has 3 rings (SSSR count). The number of nitrogens with one attached hydrogen (secondary N) is 3. The molecule has 1 amide bonds. The average molecular weight is 347 g/mol. The summed E-state index contributed by atoms with van der Waals surface area (Å²) in [6.07, 6.45) is 4.58. The molecule has 1 aromatic heterocycles. The van der Waals surface area contributed by atoms with E-state index in [1.807, 2.05) is 0 Å². The Hall–Kier alpha value is -2.41. The number of amides is 1. The number of furan rings is 1. The van der Waals surface area contributed by atoms with Gasteiger partial charge in [-0.05, 0) is 61.5 Å². The highest BCUT2D eigenvalue weighted by atomic mass is 32.1. The summed E-state index contributed by atoms with van der Waals surface area (Å²) in [5, 5.41) is 3.55. The zero-order valence-corrected chi connectivity index (χ0v) is 13.8. The Morgan fingerprint density at radius 3 is 2.50 bits per heavy atom. The summed E-state index contributed by atoms with van der Waals surface area (Å²) in [5.41, 5.74) is 5.87. The average Bonchev–Trinajstić information content (AvgIpc) is 3.25. The van der Waals surface area contributed by atoms with Gasteiger partial charge in [-0.2, -0.15) is 0 Å². The molecule has 0 radical (unpaired) electrons. The van der Waals surface area contributed by atoms with Crippen LogP contribution in [0.25, 0.3) is 11.3 Å². The highest BCUT2D eigenvalue weighted by Gasteiger charge is 2.16. The summed E-state index contributed by atoms with van der Waals surface area (Å²) >= 11 is 5.15. The van der Waals surface area contributed by atoms with Crippen LogP contribution in [0.15, 0.2) is 40.8 Å². The van der Waals surface area contributed by atoms with Crippen molar-refractivity contribution in [1.82, 2.24) is 16.2 Å². The molecule has 126 valence electrons. The van der Waals surface area contributed by atoms with Gasteiger partial charge in [-0.25, -0.2) is 4.39 Å². The quantitative estimate of drug-likeness (QED) is 0.588. The molecular formula is C17H18FN3O2S. The molecular weight excluding hydrogens is 329 g/mol. The molecule has 1 aliphatic carbocycles. The van der Waals surface area contributed by atoms with Gasteiger partial charge < -0.3 is 9.73 Å². The Labute approximate surface area is 144 Å². The van der Waals surface area contributed by atoms with Crippen LogP contribution < -0.4 is 16.2 Å². The first-order valence-corrected chi connectivity index (χ1v) is 8.25. The fourth-order valence-corrected chi connectivity index (χ4v) is 2.91. The second kappa shape index (κ2) is 7.44. The van der Waals surface area contributed by atoms with Crippen LogP contribution in [0.1, 0.15) is 36.2 Å². The summed E-state index contributed by atoms with van der Waals surface area (Å²) in [6, 6.07) is 9.46. The first-order chi connectivity index (χ1) is 11.6. The topological polar surface area (TPSA) is 66.3 Å². The predicted molar refractivity (Wildman–Crippen MR) is 92.7 cm³/mol. The summed E-state index contributed by atoms with van der Waals surface area (Å²) in [6.45, 7) is 0. The van der Waals surface area contributed by atoms with Crippen LogP contribution >= 0.6 is 12.2 Å². The minimum atomic E-state index is -0.432. The van der Waals surface area contributed by atoms with Crippen LogP contribution in [0, 0.1) is 5.82 Å². The Balaban J connectivity index is 1.53. The molecule has 1 heterocycles. The van der Waals surface area contributed by atoms with Gasteiger partial charge in [0.05, 0.1) is 0 Å². The lowest BCUT2D eigenvalue weighted by atomic mass is 10.2. The third-order valence-electron chi connectivity index (χ3n) is 3.94. The van der Waals surface area contributed by atoms with Crippen molar-refractivity contribution in [3.8, 4) is 11.3 Å². The SMILES string of the molecule is O=C(NNC(=S)NC1CCCC1)c1ccc(-c2ccc(F)cc2)o1. The maximum atomic E-state index is 12.9. The number of carbonyl (C=O) groups excluding carboxylic acids is 1. The summed E-state index contributed by atoms with van der Waals surface area (Å²) in [4.78, 5) is 12.1. The minimum absolute atomic E-state index is 0.144. The lowest BCUT2D eigenvalue weighted by molar-refractivity contribution is 0.0916. The maximum Gasteiger partial charge on any atom is 0.305 e. The molecule has 1 fully saturated rings. The number of rotatable bonds is 3. The molecule has 0 unspecified atom stereocenters. The fourth-order valence-electron chi connectivity index (χ4n) is 2.70. The molecule has 0 bridgehead atoms. The second-order valence-corrected chi connectivity index (χ2v) is 6.11. The van der Waals surface area contributed by atoms with Gasteiger partial charge in [0.25, 0.3) is 0 Å². The van der Waals surface area contributed by atoms with Gasteiger partial charge in [-0.3, -0.25) is 15.6 Å². The van der Waals surface area contributed by atoms with Gasteiger partial charge in [-0.1, -0.05) is 12.8 Å². The van der Waals surface area contributed by atoms with Crippen molar-refractivity contribution in [3.63, 3.8) is 0 Å². The fraction of sp³-hybridized carbons (Fsp3) is 0.294. The number of benzene rings is 1. The first kappa shape index (κ1) is 16.4. The van der Waals surface area contributed by atoms with E-state index in [1.54, 1.807) is 24.3 Å². The molecule has 3 N–H and O–H groups in total. The zero-order chi connectivity index (χ0) is 16.9. The molecule has 0 aliphatic heterocycles. The Bertz CT molecular complexity index is 724. The van der Waals surface area contributed by atoms with Crippen molar-refractivity contribution < 1.29 is 13.6 Å². The molecule has 1 aromatic carbocycles. The summed E-state index contributed by atoms with van der Waals surface area (Å²) < 4.78 is 18.4. The van der Waals surface area contributed by atoms with Crippen molar-refractivity contribution in [2.45, 2.75) is 31.7 Å². The first-order valence-electron chi connectivity index (χ1n) is 7.84. The Morgan fingerprint density at radius 2 is 1.79 bits per heavy atom. The largest absolute Gasteiger partial charge is 0.451 e. The van der Waals surface area contributed by atoms with E-state index in [0.717, 1.165) is 12.8 Å². The number of carbonyl (C=O) groups is 1. The molecule has 0 atom stereocenters.